The third-order valence-corrected chi connectivity index (χ3v) is 4.72. The van der Waals surface area contributed by atoms with E-state index in [9.17, 15) is 4.79 Å². The first-order chi connectivity index (χ1) is 9.24. The van der Waals surface area contributed by atoms with Crippen LogP contribution < -0.4 is 5.32 Å². The first-order valence-corrected chi connectivity index (χ1v) is 7.75. The molecule has 2 unspecified atom stereocenters. The Bertz CT molecular complexity index is 288. The summed E-state index contributed by atoms with van der Waals surface area (Å²) >= 11 is 0. The molecule has 1 N–H and O–H groups in total. The normalized spacial score (nSPS) is 29.5. The first-order valence-electron chi connectivity index (χ1n) is 7.75. The number of carbonyl (C=O) groups excluding carboxylic acids is 1. The highest BCUT2D eigenvalue weighted by Gasteiger charge is 2.31. The summed E-state index contributed by atoms with van der Waals surface area (Å²) in [6.07, 6.45) is 5.61. The van der Waals surface area contributed by atoms with Gasteiger partial charge in [-0.25, -0.2) is 0 Å². The fraction of sp³-hybridized carbons (Fsp3) is 0.933. The summed E-state index contributed by atoms with van der Waals surface area (Å²) in [5, 5.41) is 3.40. The fourth-order valence-electron chi connectivity index (χ4n) is 3.33. The van der Waals surface area contributed by atoms with Gasteiger partial charge in [-0.15, -0.1) is 0 Å². The average molecular weight is 268 g/mol. The summed E-state index contributed by atoms with van der Waals surface area (Å²) in [5.41, 5.74) is 0. The minimum absolute atomic E-state index is 0.0673. The molecule has 2 aliphatic heterocycles. The van der Waals surface area contributed by atoms with Crippen LogP contribution in [0.3, 0.4) is 0 Å². The zero-order valence-electron chi connectivity index (χ0n) is 12.4. The lowest BCUT2D eigenvalue weighted by Gasteiger charge is -2.36. The maximum atomic E-state index is 12.5. The highest BCUT2D eigenvalue weighted by atomic mass is 16.5. The Morgan fingerprint density at radius 1 is 1.26 bits per heavy atom. The van der Waals surface area contributed by atoms with Crippen LogP contribution in [0.25, 0.3) is 0 Å². The van der Waals surface area contributed by atoms with Crippen molar-refractivity contribution in [1.29, 1.82) is 0 Å². The zero-order chi connectivity index (χ0) is 13.7. The summed E-state index contributed by atoms with van der Waals surface area (Å²) in [4.78, 5) is 14.6. The number of ether oxygens (including phenoxy) is 1. The Balaban J connectivity index is 1.80. The van der Waals surface area contributed by atoms with Gasteiger partial charge in [0.1, 0.15) is 0 Å². The van der Waals surface area contributed by atoms with Gasteiger partial charge >= 0.3 is 0 Å². The maximum Gasteiger partial charge on any atom is 0.239 e. The van der Waals surface area contributed by atoms with E-state index in [1.807, 2.05) is 0 Å². The van der Waals surface area contributed by atoms with Crippen molar-refractivity contribution < 1.29 is 9.53 Å². The number of methoxy groups -OCH3 is 1. The third kappa shape index (κ3) is 3.93. The molecule has 0 aliphatic carbocycles. The van der Waals surface area contributed by atoms with Crippen LogP contribution in [0.1, 0.15) is 39.0 Å². The highest BCUT2D eigenvalue weighted by molar-refractivity contribution is 5.82. The van der Waals surface area contributed by atoms with Crippen molar-refractivity contribution in [3.63, 3.8) is 0 Å². The maximum absolute atomic E-state index is 12.5. The molecule has 2 saturated heterocycles. The lowest BCUT2D eigenvalue weighted by molar-refractivity contribution is -0.136. The van der Waals surface area contributed by atoms with Gasteiger partial charge in [0, 0.05) is 26.8 Å². The number of hydrogen-bond donors (Lipinski definition) is 1. The van der Waals surface area contributed by atoms with Crippen LogP contribution in [0.5, 0.6) is 0 Å². The molecule has 0 aromatic heterocycles. The number of amides is 1. The number of piperidine rings is 2. The molecule has 0 aromatic rings. The largest absolute Gasteiger partial charge is 0.384 e. The van der Waals surface area contributed by atoms with Crippen LogP contribution in [-0.4, -0.2) is 50.2 Å². The van der Waals surface area contributed by atoms with Crippen LogP contribution in [-0.2, 0) is 9.53 Å². The summed E-state index contributed by atoms with van der Waals surface area (Å²) in [6.45, 7) is 5.87. The molecule has 0 bridgehead atoms. The van der Waals surface area contributed by atoms with E-state index in [2.05, 4.69) is 17.1 Å². The molecule has 19 heavy (non-hydrogen) atoms. The van der Waals surface area contributed by atoms with E-state index in [4.69, 9.17) is 4.74 Å². The van der Waals surface area contributed by atoms with E-state index in [0.717, 1.165) is 51.4 Å². The molecule has 0 spiro atoms. The Hall–Kier alpha value is -0.610. The molecule has 2 aliphatic rings. The number of nitrogens with zero attached hydrogens (tertiary/aromatic N) is 1. The van der Waals surface area contributed by atoms with Crippen molar-refractivity contribution in [3.8, 4) is 0 Å². The van der Waals surface area contributed by atoms with Gasteiger partial charge in [0.05, 0.1) is 6.04 Å². The lowest BCUT2D eigenvalue weighted by Crippen LogP contribution is -2.52. The molecule has 0 saturated carbocycles. The summed E-state index contributed by atoms with van der Waals surface area (Å²) in [6, 6.07) is 0.0673. The smallest absolute Gasteiger partial charge is 0.239 e. The highest BCUT2D eigenvalue weighted by Crippen LogP contribution is 2.23. The van der Waals surface area contributed by atoms with Crippen molar-refractivity contribution in [2.45, 2.75) is 45.1 Å². The second kappa shape index (κ2) is 7.25. The second-order valence-electron chi connectivity index (χ2n) is 6.03. The molecule has 4 nitrogen and oxygen atoms in total. The van der Waals surface area contributed by atoms with E-state index < -0.39 is 0 Å². The van der Waals surface area contributed by atoms with Crippen LogP contribution in [0.15, 0.2) is 0 Å². The Morgan fingerprint density at radius 2 is 2.00 bits per heavy atom. The molecule has 2 atom stereocenters. The second-order valence-corrected chi connectivity index (χ2v) is 6.03. The Kier molecular flexibility index (Phi) is 5.64. The SMILES string of the molecule is CCC1CCNC(C(=O)N2CCC(COC)CC2)C1. The van der Waals surface area contributed by atoms with Gasteiger partial charge in [0.2, 0.25) is 5.91 Å². The monoisotopic (exact) mass is 268 g/mol. The van der Waals surface area contributed by atoms with Gasteiger partial charge in [-0.05, 0) is 44.1 Å². The number of likely N-dealkylation sites (tertiary alicyclic amines) is 1. The number of rotatable bonds is 4. The van der Waals surface area contributed by atoms with Crippen LogP contribution in [0.4, 0.5) is 0 Å². The molecule has 2 fully saturated rings. The molecule has 2 rings (SSSR count). The van der Waals surface area contributed by atoms with Gasteiger partial charge < -0.3 is 15.0 Å². The third-order valence-electron chi connectivity index (χ3n) is 4.72. The van der Waals surface area contributed by atoms with E-state index in [0.29, 0.717) is 11.8 Å². The zero-order valence-corrected chi connectivity index (χ0v) is 12.4. The van der Waals surface area contributed by atoms with Crippen molar-refractivity contribution in [3.05, 3.63) is 0 Å². The average Bonchev–Trinajstić information content (AvgIpc) is 2.48. The van der Waals surface area contributed by atoms with Gasteiger partial charge in [-0.2, -0.15) is 0 Å². The molecule has 110 valence electrons. The predicted octanol–water partition coefficient (Wildman–Crippen LogP) is 1.65. The van der Waals surface area contributed by atoms with E-state index in [1.165, 1.54) is 12.8 Å². The standard InChI is InChI=1S/C15H28N2O2/c1-3-12-4-7-16-14(10-12)15(18)17-8-5-13(6-9-17)11-19-2/h12-14,16H,3-11H2,1-2H3. The summed E-state index contributed by atoms with van der Waals surface area (Å²) < 4.78 is 5.21. The van der Waals surface area contributed by atoms with Gasteiger partial charge in [-0.3, -0.25) is 4.79 Å². The quantitative estimate of drug-likeness (QED) is 0.843. The minimum Gasteiger partial charge on any atom is -0.384 e. The lowest BCUT2D eigenvalue weighted by atomic mass is 9.89. The van der Waals surface area contributed by atoms with Gasteiger partial charge in [-0.1, -0.05) is 13.3 Å². The predicted molar refractivity (Wildman–Crippen MR) is 76.0 cm³/mol. The van der Waals surface area contributed by atoms with Crippen LogP contribution >= 0.6 is 0 Å². The van der Waals surface area contributed by atoms with Crippen molar-refractivity contribution in [2.24, 2.45) is 11.8 Å². The molecule has 0 aromatic carbocycles. The topological polar surface area (TPSA) is 41.6 Å². The van der Waals surface area contributed by atoms with Crippen molar-refractivity contribution >= 4 is 5.91 Å². The number of carbonyl (C=O) groups is 1. The molecular weight excluding hydrogens is 240 g/mol. The van der Waals surface area contributed by atoms with E-state index in [1.54, 1.807) is 7.11 Å². The van der Waals surface area contributed by atoms with E-state index in [-0.39, 0.29) is 6.04 Å². The van der Waals surface area contributed by atoms with Crippen molar-refractivity contribution in [1.82, 2.24) is 10.2 Å². The summed E-state index contributed by atoms with van der Waals surface area (Å²) in [5.74, 6) is 1.69. The molecular formula is C15H28N2O2. The van der Waals surface area contributed by atoms with Gasteiger partial charge in [0.15, 0.2) is 0 Å². The van der Waals surface area contributed by atoms with Gasteiger partial charge in [0.25, 0.3) is 0 Å². The number of nitrogens with one attached hydrogen (secondary N) is 1. The summed E-state index contributed by atoms with van der Waals surface area (Å²) in [7, 11) is 1.76. The van der Waals surface area contributed by atoms with Crippen molar-refractivity contribution in [2.75, 3.05) is 33.4 Å². The molecule has 2 heterocycles. The Morgan fingerprint density at radius 3 is 2.63 bits per heavy atom. The number of hydrogen-bond acceptors (Lipinski definition) is 3. The van der Waals surface area contributed by atoms with E-state index >= 15 is 0 Å². The first kappa shape index (κ1) is 14.8. The molecule has 1 amide bonds. The Labute approximate surface area is 116 Å². The molecule has 4 heteroatoms. The van der Waals surface area contributed by atoms with Crippen LogP contribution in [0, 0.1) is 11.8 Å². The fourth-order valence-corrected chi connectivity index (χ4v) is 3.33. The minimum atomic E-state index is 0.0673. The molecule has 0 radical (unpaired) electrons. The van der Waals surface area contributed by atoms with Crippen LogP contribution in [0.2, 0.25) is 0 Å².